The molecule has 3 N–H and O–H groups in total. The van der Waals surface area contributed by atoms with Crippen LogP contribution < -0.4 is 10.6 Å². The van der Waals surface area contributed by atoms with E-state index >= 15 is 0 Å². The zero-order valence-electron chi connectivity index (χ0n) is 21.1. The molecule has 0 aliphatic carbocycles. The molecule has 0 bridgehead atoms. The minimum absolute atomic E-state index is 0.255. The normalized spacial score (nSPS) is 15.3. The maximum Gasteiger partial charge on any atom is 0.321 e. The van der Waals surface area contributed by atoms with Crippen LogP contribution in [0.5, 0.6) is 0 Å². The number of hydrogen-bond donors (Lipinski definition) is 3. The van der Waals surface area contributed by atoms with Crippen molar-refractivity contribution >= 4 is 32.7 Å². The molecule has 38 heavy (non-hydrogen) atoms. The molecule has 1 aliphatic rings. The molecular weight excluding hydrogens is 512 g/mol. The second-order valence-electron chi connectivity index (χ2n) is 9.78. The molecule has 2 amide bonds. The Bertz CT molecular complexity index is 1480. The van der Waals surface area contributed by atoms with Crippen LogP contribution in [0.25, 0.3) is 32.6 Å². The van der Waals surface area contributed by atoms with Gasteiger partial charge in [0, 0.05) is 42.8 Å². The number of thiazole rings is 1. The van der Waals surface area contributed by atoms with E-state index in [2.05, 4.69) is 30.6 Å². The number of carbonyl (C=O) groups is 1. The predicted molar refractivity (Wildman–Crippen MR) is 142 cm³/mol. The number of alkyl halides is 2. The molecule has 1 fully saturated rings. The molecule has 9 nitrogen and oxygen atoms in total. The van der Waals surface area contributed by atoms with Crippen LogP contribution in [-0.4, -0.2) is 61.5 Å². The molecule has 1 aromatic carbocycles. The SMILES string of the molecule is CCNC(=O)Nc1nc2cc(-c3cnc(C(C)(C)O)nc3)cc(-c3cc(CN4CC(F)(F)C4)ccn3)c2s1. The zero-order valence-corrected chi connectivity index (χ0v) is 21.9. The molecule has 5 rings (SSSR count). The van der Waals surface area contributed by atoms with Gasteiger partial charge in [-0.25, -0.2) is 28.5 Å². The summed E-state index contributed by atoms with van der Waals surface area (Å²) in [5, 5.41) is 16.1. The molecule has 1 aliphatic heterocycles. The van der Waals surface area contributed by atoms with E-state index in [9.17, 15) is 18.7 Å². The predicted octanol–water partition coefficient (Wildman–Crippen LogP) is 4.64. The van der Waals surface area contributed by atoms with Crippen molar-refractivity contribution in [1.29, 1.82) is 0 Å². The summed E-state index contributed by atoms with van der Waals surface area (Å²) in [7, 11) is 0. The molecule has 0 radical (unpaired) electrons. The van der Waals surface area contributed by atoms with E-state index < -0.39 is 11.5 Å². The average molecular weight is 540 g/mol. The molecule has 0 spiro atoms. The number of rotatable bonds is 7. The Hall–Kier alpha value is -3.61. The van der Waals surface area contributed by atoms with E-state index in [4.69, 9.17) is 0 Å². The van der Waals surface area contributed by atoms with Crippen molar-refractivity contribution in [3.05, 3.63) is 54.2 Å². The van der Waals surface area contributed by atoms with Crippen LogP contribution in [-0.2, 0) is 12.1 Å². The number of benzene rings is 1. The van der Waals surface area contributed by atoms with E-state index in [1.54, 1.807) is 37.3 Å². The molecule has 0 saturated carbocycles. The Labute approximate surface area is 222 Å². The second-order valence-corrected chi connectivity index (χ2v) is 10.8. The average Bonchev–Trinajstić information content (AvgIpc) is 3.24. The fraction of sp³-hybridized carbons (Fsp3) is 0.346. The number of aromatic nitrogens is 4. The summed E-state index contributed by atoms with van der Waals surface area (Å²) in [6.07, 6.45) is 4.94. The largest absolute Gasteiger partial charge is 0.382 e. The van der Waals surface area contributed by atoms with E-state index in [1.807, 2.05) is 31.2 Å². The van der Waals surface area contributed by atoms with Crippen LogP contribution in [0.2, 0.25) is 0 Å². The van der Waals surface area contributed by atoms with Gasteiger partial charge in [0.1, 0.15) is 5.60 Å². The van der Waals surface area contributed by atoms with E-state index in [1.165, 1.54) is 11.3 Å². The van der Waals surface area contributed by atoms with Gasteiger partial charge in [0.25, 0.3) is 5.92 Å². The third-order valence-corrected chi connectivity index (χ3v) is 7.02. The number of pyridine rings is 1. The number of amides is 2. The number of likely N-dealkylation sites (tertiary alicyclic amines) is 1. The van der Waals surface area contributed by atoms with Gasteiger partial charge in [-0.15, -0.1) is 0 Å². The monoisotopic (exact) mass is 539 g/mol. The topological polar surface area (TPSA) is 116 Å². The summed E-state index contributed by atoms with van der Waals surface area (Å²) in [6, 6.07) is 7.18. The molecule has 4 heterocycles. The van der Waals surface area contributed by atoms with Crippen LogP contribution >= 0.6 is 11.3 Å². The van der Waals surface area contributed by atoms with Gasteiger partial charge in [-0.1, -0.05) is 11.3 Å². The number of halogens is 2. The molecule has 4 aromatic rings. The fourth-order valence-electron chi connectivity index (χ4n) is 4.24. The Morgan fingerprint density at radius 2 is 1.89 bits per heavy atom. The third kappa shape index (κ3) is 5.62. The fourth-order valence-corrected chi connectivity index (χ4v) is 5.20. The minimum Gasteiger partial charge on any atom is -0.382 e. The van der Waals surface area contributed by atoms with Gasteiger partial charge >= 0.3 is 6.03 Å². The van der Waals surface area contributed by atoms with Gasteiger partial charge in [-0.2, -0.15) is 0 Å². The number of hydrogen-bond acceptors (Lipinski definition) is 8. The second kappa shape index (κ2) is 9.93. The molecule has 12 heteroatoms. The van der Waals surface area contributed by atoms with E-state index in [0.717, 1.165) is 21.4 Å². The number of carbonyl (C=O) groups excluding carboxylic acids is 1. The van der Waals surface area contributed by atoms with Gasteiger partial charge in [-0.05, 0) is 56.2 Å². The highest BCUT2D eigenvalue weighted by Gasteiger charge is 2.43. The first-order valence-corrected chi connectivity index (χ1v) is 12.9. The lowest BCUT2D eigenvalue weighted by atomic mass is 10.0. The highest BCUT2D eigenvalue weighted by atomic mass is 32.1. The molecule has 3 aromatic heterocycles. The van der Waals surface area contributed by atoms with Crippen molar-refractivity contribution in [2.24, 2.45) is 0 Å². The van der Waals surface area contributed by atoms with Crippen LogP contribution in [0.1, 0.15) is 32.2 Å². The Morgan fingerprint density at radius 3 is 2.55 bits per heavy atom. The van der Waals surface area contributed by atoms with Crippen molar-refractivity contribution in [3.63, 3.8) is 0 Å². The highest BCUT2D eigenvalue weighted by molar-refractivity contribution is 7.22. The van der Waals surface area contributed by atoms with Crippen molar-refractivity contribution in [1.82, 2.24) is 30.2 Å². The maximum absolute atomic E-state index is 13.3. The van der Waals surface area contributed by atoms with Crippen LogP contribution in [0.3, 0.4) is 0 Å². The number of urea groups is 1. The summed E-state index contributed by atoms with van der Waals surface area (Å²) in [5.41, 5.74) is 3.27. The Balaban J connectivity index is 1.55. The van der Waals surface area contributed by atoms with Gasteiger partial charge < -0.3 is 10.4 Å². The Morgan fingerprint density at radius 1 is 1.16 bits per heavy atom. The number of nitrogens with one attached hydrogen (secondary N) is 2. The van der Waals surface area contributed by atoms with E-state index in [-0.39, 0.29) is 19.1 Å². The number of fused-ring (bicyclic) bond motifs is 1. The molecular formula is C26H27F2N7O2S. The van der Waals surface area contributed by atoms with Crippen molar-refractivity contribution in [2.45, 2.75) is 38.8 Å². The maximum atomic E-state index is 13.3. The van der Waals surface area contributed by atoms with Crippen molar-refractivity contribution < 1.29 is 18.7 Å². The first kappa shape index (κ1) is 26.0. The minimum atomic E-state index is -2.63. The molecule has 0 unspecified atom stereocenters. The smallest absolute Gasteiger partial charge is 0.321 e. The molecule has 198 valence electrons. The summed E-state index contributed by atoms with van der Waals surface area (Å²) in [5.74, 6) is -2.33. The lowest BCUT2D eigenvalue weighted by molar-refractivity contribution is -0.133. The zero-order chi connectivity index (χ0) is 27.1. The summed E-state index contributed by atoms with van der Waals surface area (Å²) in [6.45, 7) is 5.42. The highest BCUT2D eigenvalue weighted by Crippen LogP contribution is 2.38. The molecule has 0 atom stereocenters. The van der Waals surface area contributed by atoms with Crippen LogP contribution in [0, 0.1) is 0 Å². The third-order valence-electron chi connectivity index (χ3n) is 6.00. The summed E-state index contributed by atoms with van der Waals surface area (Å²) < 4.78 is 27.5. The van der Waals surface area contributed by atoms with Crippen LogP contribution in [0.4, 0.5) is 18.7 Å². The van der Waals surface area contributed by atoms with Gasteiger partial charge in [0.2, 0.25) is 0 Å². The van der Waals surface area contributed by atoms with Crippen molar-refractivity contribution in [2.75, 3.05) is 25.0 Å². The first-order valence-electron chi connectivity index (χ1n) is 12.1. The van der Waals surface area contributed by atoms with E-state index in [0.29, 0.717) is 40.8 Å². The van der Waals surface area contributed by atoms with Gasteiger partial charge in [0.05, 0.1) is 29.0 Å². The lowest BCUT2D eigenvalue weighted by Crippen LogP contribution is -2.55. The van der Waals surface area contributed by atoms with Crippen molar-refractivity contribution in [3.8, 4) is 22.4 Å². The van der Waals surface area contributed by atoms with Crippen LogP contribution in [0.15, 0.2) is 42.9 Å². The lowest BCUT2D eigenvalue weighted by Gasteiger charge is -2.38. The number of nitrogens with zero attached hydrogens (tertiary/aromatic N) is 5. The number of aliphatic hydroxyl groups is 1. The summed E-state index contributed by atoms with van der Waals surface area (Å²) in [4.78, 5) is 31.6. The standard InChI is InChI=1S/C26H27F2N7O2S/c1-4-29-23(36)34-24-33-20-9-16(17-10-31-22(32-11-17)25(2,3)37)8-18(21(20)38-24)19-7-15(5-6-30-19)12-35-13-26(27,28)14-35/h5-11,37H,4,12-14H2,1-3H3,(H2,29,33,34,36). The molecule has 1 saturated heterocycles. The number of anilines is 1. The van der Waals surface area contributed by atoms with Gasteiger partial charge in [-0.3, -0.25) is 15.2 Å². The first-order chi connectivity index (χ1) is 18.0. The Kier molecular flexibility index (Phi) is 6.80. The summed E-state index contributed by atoms with van der Waals surface area (Å²) >= 11 is 1.32. The quantitative estimate of drug-likeness (QED) is 0.313. The van der Waals surface area contributed by atoms with Gasteiger partial charge in [0.15, 0.2) is 11.0 Å².